The molecule has 2 aromatic rings. The van der Waals surface area contributed by atoms with Gasteiger partial charge in [0.25, 0.3) is 0 Å². The Labute approximate surface area is 133 Å². The molecule has 0 aliphatic carbocycles. The van der Waals surface area contributed by atoms with Crippen LogP contribution < -0.4 is 15.4 Å². The third-order valence-corrected chi connectivity index (χ3v) is 3.26. The van der Waals surface area contributed by atoms with Crippen LogP contribution in [0.3, 0.4) is 0 Å². The van der Waals surface area contributed by atoms with Crippen LogP contribution >= 0.6 is 11.6 Å². The van der Waals surface area contributed by atoms with Gasteiger partial charge in [-0.3, -0.25) is 4.79 Å². The van der Waals surface area contributed by atoms with Crippen molar-refractivity contribution in [2.75, 3.05) is 19.0 Å². The highest BCUT2D eigenvalue weighted by Gasteiger charge is 2.05. The molecule has 6 heteroatoms. The van der Waals surface area contributed by atoms with Gasteiger partial charge in [0.1, 0.15) is 11.6 Å². The number of carbonyl (C=O) groups is 1. The van der Waals surface area contributed by atoms with Crippen LogP contribution in [-0.4, -0.2) is 19.6 Å². The Morgan fingerprint density at radius 2 is 1.95 bits per heavy atom. The summed E-state index contributed by atoms with van der Waals surface area (Å²) in [6.07, 6.45) is 0. The highest BCUT2D eigenvalue weighted by Crippen LogP contribution is 2.27. The predicted octanol–water partition coefficient (Wildman–Crippen LogP) is 3.22. The monoisotopic (exact) mass is 322 g/mol. The zero-order chi connectivity index (χ0) is 15.9. The van der Waals surface area contributed by atoms with E-state index in [0.717, 1.165) is 5.56 Å². The largest absolute Gasteiger partial charge is 0.495 e. The quantitative estimate of drug-likeness (QED) is 0.858. The number of benzene rings is 2. The van der Waals surface area contributed by atoms with Crippen molar-refractivity contribution in [3.63, 3.8) is 0 Å². The van der Waals surface area contributed by atoms with Crippen molar-refractivity contribution in [2.45, 2.75) is 6.54 Å². The second-order valence-corrected chi connectivity index (χ2v) is 5.03. The Hall–Kier alpha value is -2.11. The van der Waals surface area contributed by atoms with E-state index in [1.54, 1.807) is 30.3 Å². The number of rotatable bonds is 6. The summed E-state index contributed by atoms with van der Waals surface area (Å²) < 4.78 is 17.8. The highest BCUT2D eigenvalue weighted by atomic mass is 35.5. The van der Waals surface area contributed by atoms with Crippen LogP contribution in [0.25, 0.3) is 0 Å². The molecule has 4 nitrogen and oxygen atoms in total. The fraction of sp³-hybridized carbons (Fsp3) is 0.188. The molecular formula is C16H16ClFN2O2. The molecule has 2 aromatic carbocycles. The van der Waals surface area contributed by atoms with E-state index < -0.39 is 0 Å². The van der Waals surface area contributed by atoms with E-state index in [2.05, 4.69) is 10.6 Å². The SMILES string of the molecule is COc1ccc(NC(=O)CNCc2ccc(F)cc2)cc1Cl. The van der Waals surface area contributed by atoms with Gasteiger partial charge >= 0.3 is 0 Å². The number of nitrogens with one attached hydrogen (secondary N) is 2. The maximum absolute atomic E-state index is 12.8. The molecule has 0 fully saturated rings. The number of amides is 1. The van der Waals surface area contributed by atoms with Crippen molar-refractivity contribution >= 4 is 23.2 Å². The molecule has 0 radical (unpaired) electrons. The van der Waals surface area contributed by atoms with Gasteiger partial charge in [-0.2, -0.15) is 0 Å². The molecule has 0 aliphatic heterocycles. The molecule has 0 aliphatic rings. The molecule has 0 spiro atoms. The first kappa shape index (κ1) is 16.3. The van der Waals surface area contributed by atoms with Crippen LogP contribution in [-0.2, 0) is 11.3 Å². The van der Waals surface area contributed by atoms with Gasteiger partial charge in [0.05, 0.1) is 18.7 Å². The van der Waals surface area contributed by atoms with Crippen LogP contribution in [0.4, 0.5) is 10.1 Å². The Morgan fingerprint density at radius 3 is 2.59 bits per heavy atom. The summed E-state index contributed by atoms with van der Waals surface area (Å²) in [6.45, 7) is 0.623. The summed E-state index contributed by atoms with van der Waals surface area (Å²) in [6, 6.07) is 11.1. The first-order chi connectivity index (χ1) is 10.6. The first-order valence-electron chi connectivity index (χ1n) is 6.67. The van der Waals surface area contributed by atoms with Crippen molar-refractivity contribution in [1.82, 2.24) is 5.32 Å². The number of halogens is 2. The van der Waals surface area contributed by atoms with Crippen molar-refractivity contribution in [3.8, 4) is 5.75 Å². The molecule has 0 saturated carbocycles. The van der Waals surface area contributed by atoms with Gasteiger partial charge in [-0.1, -0.05) is 23.7 Å². The lowest BCUT2D eigenvalue weighted by Crippen LogP contribution is -2.27. The summed E-state index contributed by atoms with van der Waals surface area (Å²) >= 11 is 5.99. The van der Waals surface area contributed by atoms with Crippen molar-refractivity contribution in [1.29, 1.82) is 0 Å². The van der Waals surface area contributed by atoms with E-state index in [9.17, 15) is 9.18 Å². The van der Waals surface area contributed by atoms with E-state index >= 15 is 0 Å². The summed E-state index contributed by atoms with van der Waals surface area (Å²) in [5, 5.41) is 6.14. The molecule has 0 atom stereocenters. The van der Waals surface area contributed by atoms with E-state index in [1.807, 2.05) is 0 Å². The first-order valence-corrected chi connectivity index (χ1v) is 7.05. The van der Waals surface area contributed by atoms with Crippen LogP contribution in [0.2, 0.25) is 5.02 Å². The van der Waals surface area contributed by atoms with Gasteiger partial charge < -0.3 is 15.4 Å². The molecule has 2 N–H and O–H groups in total. The fourth-order valence-corrected chi connectivity index (χ4v) is 2.13. The lowest BCUT2D eigenvalue weighted by Gasteiger charge is -2.09. The number of carbonyl (C=O) groups excluding carboxylic acids is 1. The average Bonchev–Trinajstić information content (AvgIpc) is 2.49. The molecule has 0 heterocycles. The second-order valence-electron chi connectivity index (χ2n) is 4.63. The smallest absolute Gasteiger partial charge is 0.238 e. The lowest BCUT2D eigenvalue weighted by molar-refractivity contribution is -0.115. The minimum absolute atomic E-state index is 0.140. The van der Waals surface area contributed by atoms with E-state index in [4.69, 9.17) is 16.3 Å². The molecular weight excluding hydrogens is 307 g/mol. The molecule has 1 amide bonds. The van der Waals surface area contributed by atoms with Crippen LogP contribution in [0, 0.1) is 5.82 Å². The summed E-state index contributed by atoms with van der Waals surface area (Å²) in [4.78, 5) is 11.8. The Balaban J connectivity index is 1.80. The number of hydrogen-bond donors (Lipinski definition) is 2. The molecule has 0 bridgehead atoms. The summed E-state index contributed by atoms with van der Waals surface area (Å²) in [5.41, 5.74) is 1.50. The number of hydrogen-bond acceptors (Lipinski definition) is 3. The topological polar surface area (TPSA) is 50.4 Å². The van der Waals surface area contributed by atoms with Crippen molar-refractivity contribution in [2.24, 2.45) is 0 Å². The molecule has 22 heavy (non-hydrogen) atoms. The zero-order valence-corrected chi connectivity index (χ0v) is 12.8. The standard InChI is InChI=1S/C16H16ClFN2O2/c1-22-15-7-6-13(8-14(15)17)20-16(21)10-19-9-11-2-4-12(18)5-3-11/h2-8,19H,9-10H2,1H3,(H,20,21). The van der Waals surface area contributed by atoms with Crippen molar-refractivity contribution in [3.05, 3.63) is 58.9 Å². The van der Waals surface area contributed by atoms with Gasteiger partial charge in [0, 0.05) is 12.2 Å². The van der Waals surface area contributed by atoms with Gasteiger partial charge in [0.2, 0.25) is 5.91 Å². The highest BCUT2D eigenvalue weighted by molar-refractivity contribution is 6.32. The second kappa shape index (κ2) is 7.77. The third kappa shape index (κ3) is 4.72. The lowest BCUT2D eigenvalue weighted by atomic mass is 10.2. The van der Waals surface area contributed by atoms with Crippen LogP contribution in [0.1, 0.15) is 5.56 Å². The normalized spacial score (nSPS) is 10.3. The fourth-order valence-electron chi connectivity index (χ4n) is 1.87. The molecule has 116 valence electrons. The maximum atomic E-state index is 12.8. The van der Waals surface area contributed by atoms with Crippen LogP contribution in [0.15, 0.2) is 42.5 Å². The average molecular weight is 323 g/mol. The summed E-state index contributed by atoms with van der Waals surface area (Å²) in [7, 11) is 1.53. The Morgan fingerprint density at radius 1 is 1.23 bits per heavy atom. The minimum atomic E-state index is -0.280. The molecule has 0 unspecified atom stereocenters. The minimum Gasteiger partial charge on any atom is -0.495 e. The van der Waals surface area contributed by atoms with Crippen molar-refractivity contribution < 1.29 is 13.9 Å². The molecule has 0 aromatic heterocycles. The zero-order valence-electron chi connectivity index (χ0n) is 12.0. The van der Waals surface area contributed by atoms with Gasteiger partial charge in [-0.25, -0.2) is 4.39 Å². The van der Waals surface area contributed by atoms with E-state index in [0.29, 0.717) is 23.0 Å². The Bertz CT molecular complexity index is 647. The summed E-state index contributed by atoms with van der Waals surface area (Å²) in [5.74, 6) is 0.0790. The van der Waals surface area contributed by atoms with Crippen LogP contribution in [0.5, 0.6) is 5.75 Å². The van der Waals surface area contributed by atoms with E-state index in [1.165, 1.54) is 19.2 Å². The van der Waals surface area contributed by atoms with Gasteiger partial charge in [-0.15, -0.1) is 0 Å². The molecule has 0 saturated heterocycles. The van der Waals surface area contributed by atoms with Gasteiger partial charge in [-0.05, 0) is 35.9 Å². The number of methoxy groups -OCH3 is 1. The molecule has 2 rings (SSSR count). The van der Waals surface area contributed by atoms with E-state index in [-0.39, 0.29) is 18.3 Å². The Kier molecular flexibility index (Phi) is 5.75. The predicted molar refractivity (Wildman–Crippen MR) is 84.7 cm³/mol. The number of anilines is 1. The maximum Gasteiger partial charge on any atom is 0.238 e. The third-order valence-electron chi connectivity index (χ3n) is 2.96. The van der Waals surface area contributed by atoms with Gasteiger partial charge in [0.15, 0.2) is 0 Å². The number of ether oxygens (including phenoxy) is 1.